The van der Waals surface area contributed by atoms with E-state index in [1.54, 1.807) is 22.8 Å². The Morgan fingerprint density at radius 2 is 1.08 bits per heavy atom. The van der Waals surface area contributed by atoms with Gasteiger partial charge in [-0.05, 0) is 0 Å². The molecule has 1 nitrogen and oxygen atoms in total. The van der Waals surface area contributed by atoms with Crippen LogP contribution in [0.5, 0.6) is 0 Å². The summed E-state index contributed by atoms with van der Waals surface area (Å²) in [5.74, 6) is 0. The van der Waals surface area contributed by atoms with Gasteiger partial charge in [0.15, 0.2) is 17.6 Å². The van der Waals surface area contributed by atoms with Gasteiger partial charge in [0.2, 0.25) is 0 Å². The molecule has 0 atom stereocenters. The lowest BCUT2D eigenvalue weighted by atomic mass is 11.2. The van der Waals surface area contributed by atoms with Crippen molar-refractivity contribution in [3.05, 3.63) is 49.1 Å². The van der Waals surface area contributed by atoms with Crippen LogP contribution < -0.4 is 0 Å². The van der Waals surface area contributed by atoms with Crippen molar-refractivity contribution in [2.45, 2.75) is 0 Å². The Balaban J connectivity index is 4.52. The van der Waals surface area contributed by atoms with Crippen LogP contribution in [-0.4, -0.2) is 22.6 Å². The Labute approximate surface area is 77.0 Å². The lowest BCUT2D eigenvalue weighted by molar-refractivity contribution is 0.273. The molecule has 0 saturated heterocycles. The molecule has 0 unspecified atom stereocenters. The Kier molecular flexibility index (Phi) is 5.24. The molecular formula is C9H12OSi2. The van der Waals surface area contributed by atoms with Gasteiger partial charge in [-0.2, -0.15) is 0 Å². The molecule has 0 aromatic carbocycles. The summed E-state index contributed by atoms with van der Waals surface area (Å²) in [5.41, 5.74) is 6.77. The van der Waals surface area contributed by atoms with Gasteiger partial charge >= 0.3 is 0 Å². The molecule has 0 aliphatic carbocycles. The zero-order valence-corrected chi connectivity index (χ0v) is 9.05. The van der Waals surface area contributed by atoms with Crippen LogP contribution in [0.2, 0.25) is 0 Å². The van der Waals surface area contributed by atoms with E-state index in [0.717, 1.165) is 0 Å². The fraction of sp³-hybridized carbons (Fsp3) is 0. The fourth-order valence-electron chi connectivity index (χ4n) is 0.704. The van der Waals surface area contributed by atoms with E-state index in [0.29, 0.717) is 0 Å². The van der Waals surface area contributed by atoms with Crippen molar-refractivity contribution in [2.24, 2.45) is 0 Å². The van der Waals surface area contributed by atoms with Crippen LogP contribution in [0.15, 0.2) is 49.1 Å². The van der Waals surface area contributed by atoms with Gasteiger partial charge in [0.05, 0.1) is 0 Å². The molecule has 0 aliphatic heterocycles. The Morgan fingerprint density at radius 3 is 1.25 bits per heavy atom. The molecule has 0 aromatic heterocycles. The molecular weight excluding hydrogens is 180 g/mol. The molecule has 0 bridgehead atoms. The van der Waals surface area contributed by atoms with Crippen LogP contribution in [0, 0.1) is 0 Å². The zero-order valence-electron chi connectivity index (χ0n) is 7.05. The molecule has 3 heteroatoms. The maximum atomic E-state index is 11.6. The second-order valence-electron chi connectivity index (χ2n) is 2.06. The van der Waals surface area contributed by atoms with Gasteiger partial charge < -0.3 is 4.79 Å². The highest BCUT2D eigenvalue weighted by Gasteiger charge is 2.21. The highest BCUT2D eigenvalue weighted by atomic mass is 28.3. The topological polar surface area (TPSA) is 17.1 Å². The standard InChI is InChI=1S/C9H12OSi2/c1-5-11(6-2)9(10)12(7-3)8-4/h5-8H,1-4H2. The second kappa shape index (κ2) is 5.68. The maximum Gasteiger partial charge on any atom is 0.181 e. The van der Waals surface area contributed by atoms with Crippen molar-refractivity contribution < 1.29 is 4.79 Å². The van der Waals surface area contributed by atoms with Gasteiger partial charge in [0.25, 0.3) is 0 Å². The summed E-state index contributed by atoms with van der Waals surface area (Å²) in [7, 11) is -2.46. The third-order valence-corrected chi connectivity index (χ3v) is 5.94. The average Bonchev–Trinajstić information content (AvgIpc) is 2.09. The zero-order chi connectivity index (χ0) is 9.56. The minimum Gasteiger partial charge on any atom is -0.310 e. The van der Waals surface area contributed by atoms with Crippen molar-refractivity contribution in [3.8, 4) is 0 Å². The highest BCUT2D eigenvalue weighted by molar-refractivity contribution is 7.24. The quantitative estimate of drug-likeness (QED) is 0.589. The van der Waals surface area contributed by atoms with E-state index < -0.39 is 17.6 Å². The minimum absolute atomic E-state index is 0.222. The third-order valence-electron chi connectivity index (χ3n) is 1.40. The maximum absolute atomic E-state index is 11.6. The average molecular weight is 192 g/mol. The predicted molar refractivity (Wildman–Crippen MR) is 57.7 cm³/mol. The number of carbonyl (C=O) groups excluding carboxylic acids is 1. The van der Waals surface area contributed by atoms with Crippen LogP contribution in [0.3, 0.4) is 0 Å². The fourth-order valence-corrected chi connectivity index (χ4v) is 4.34. The van der Waals surface area contributed by atoms with E-state index in [1.807, 2.05) is 0 Å². The van der Waals surface area contributed by atoms with Crippen LogP contribution >= 0.6 is 0 Å². The first kappa shape index (κ1) is 11.1. The molecule has 0 N–H and O–H groups in total. The molecule has 0 spiro atoms. The summed E-state index contributed by atoms with van der Waals surface area (Å²) in [6, 6.07) is 0. The molecule has 0 amide bonds. The van der Waals surface area contributed by atoms with E-state index in [-0.39, 0.29) is 5.03 Å². The number of hydrogen-bond donors (Lipinski definition) is 0. The van der Waals surface area contributed by atoms with Crippen LogP contribution in [-0.2, 0) is 0 Å². The van der Waals surface area contributed by atoms with E-state index in [1.165, 1.54) is 0 Å². The first-order valence-electron chi connectivity index (χ1n) is 3.49. The van der Waals surface area contributed by atoms with Crippen molar-refractivity contribution in [1.29, 1.82) is 0 Å². The summed E-state index contributed by atoms with van der Waals surface area (Å²) in [6.45, 7) is 14.4. The molecule has 0 fully saturated rings. The molecule has 0 aliphatic rings. The number of rotatable bonds is 6. The van der Waals surface area contributed by atoms with Crippen molar-refractivity contribution in [3.63, 3.8) is 0 Å². The highest BCUT2D eigenvalue weighted by Crippen LogP contribution is 1.97. The Bertz CT molecular complexity index is 183. The van der Waals surface area contributed by atoms with E-state index >= 15 is 0 Å². The van der Waals surface area contributed by atoms with Gasteiger partial charge in [0.1, 0.15) is 5.03 Å². The minimum atomic E-state index is -1.23. The molecule has 0 aromatic rings. The molecule has 0 heterocycles. The van der Waals surface area contributed by atoms with Crippen LogP contribution in [0.1, 0.15) is 0 Å². The Morgan fingerprint density at radius 1 is 0.833 bits per heavy atom. The van der Waals surface area contributed by atoms with Gasteiger partial charge in [0, 0.05) is 0 Å². The van der Waals surface area contributed by atoms with Gasteiger partial charge in [-0.15, -0.1) is 26.3 Å². The van der Waals surface area contributed by atoms with E-state index in [9.17, 15) is 4.79 Å². The summed E-state index contributed by atoms with van der Waals surface area (Å²) >= 11 is 0. The monoisotopic (exact) mass is 192 g/mol. The summed E-state index contributed by atoms with van der Waals surface area (Å²) in [5, 5.41) is 0.222. The summed E-state index contributed by atoms with van der Waals surface area (Å²) in [6.07, 6.45) is 0. The molecule has 0 saturated carbocycles. The lowest BCUT2D eigenvalue weighted by Crippen LogP contribution is -2.33. The number of carbonyl (C=O) groups is 1. The van der Waals surface area contributed by atoms with Gasteiger partial charge in [-0.3, -0.25) is 0 Å². The molecule has 0 rings (SSSR count). The second-order valence-corrected chi connectivity index (χ2v) is 6.92. The van der Waals surface area contributed by atoms with Crippen molar-refractivity contribution in [1.82, 2.24) is 0 Å². The van der Waals surface area contributed by atoms with E-state index in [2.05, 4.69) is 26.3 Å². The predicted octanol–water partition coefficient (Wildman–Crippen LogP) is 2.16. The Hall–Kier alpha value is -0.936. The first-order chi connectivity index (χ1) is 5.71. The first-order valence-corrected chi connectivity index (χ1v) is 6.80. The summed E-state index contributed by atoms with van der Waals surface area (Å²) < 4.78 is 0. The van der Waals surface area contributed by atoms with Gasteiger partial charge in [-0.25, -0.2) is 0 Å². The third kappa shape index (κ3) is 2.60. The largest absolute Gasteiger partial charge is 0.310 e. The number of hydrogen-bond acceptors (Lipinski definition) is 1. The van der Waals surface area contributed by atoms with Gasteiger partial charge in [-0.1, -0.05) is 22.8 Å². The van der Waals surface area contributed by atoms with Crippen molar-refractivity contribution >= 4 is 22.6 Å². The molecule has 12 heavy (non-hydrogen) atoms. The molecule has 62 valence electrons. The lowest BCUT2D eigenvalue weighted by Gasteiger charge is -2.05. The summed E-state index contributed by atoms with van der Waals surface area (Å²) in [4.78, 5) is 11.6. The SMILES string of the molecule is C=C[Si](C=C)C(=O)[Si](C=C)C=C. The molecule has 2 radical (unpaired) electrons. The van der Waals surface area contributed by atoms with E-state index in [4.69, 9.17) is 0 Å². The van der Waals surface area contributed by atoms with Crippen LogP contribution in [0.25, 0.3) is 0 Å². The normalized spacial score (nSPS) is 9.50. The smallest absolute Gasteiger partial charge is 0.181 e. The van der Waals surface area contributed by atoms with Crippen molar-refractivity contribution in [2.75, 3.05) is 0 Å². The van der Waals surface area contributed by atoms with Crippen LogP contribution in [0.4, 0.5) is 4.79 Å².